The summed E-state index contributed by atoms with van der Waals surface area (Å²) in [5, 5.41) is 8.90. The third-order valence-electron chi connectivity index (χ3n) is 3.82. The van der Waals surface area contributed by atoms with Crippen LogP contribution in [0.15, 0.2) is 30.7 Å². The molecule has 3 rings (SSSR count). The van der Waals surface area contributed by atoms with E-state index in [1.165, 1.54) is 11.3 Å². The summed E-state index contributed by atoms with van der Waals surface area (Å²) in [4.78, 5) is 21.3. The molecule has 7 heteroatoms. The molecule has 0 saturated heterocycles. The fraction of sp³-hybridized carbons (Fsp3) is 0.333. The second kappa shape index (κ2) is 6.40. The first-order valence-electron chi connectivity index (χ1n) is 8.01. The van der Waals surface area contributed by atoms with E-state index in [2.05, 4.69) is 41.2 Å². The van der Waals surface area contributed by atoms with Crippen LogP contribution in [0.5, 0.6) is 0 Å². The van der Waals surface area contributed by atoms with Crippen molar-refractivity contribution < 1.29 is 4.79 Å². The minimum absolute atomic E-state index is 0.169. The fourth-order valence-electron chi connectivity index (χ4n) is 2.60. The van der Waals surface area contributed by atoms with Crippen LogP contribution in [0.4, 0.5) is 5.00 Å². The number of amides is 1. The number of hydrogen-bond acceptors (Lipinski definition) is 5. The lowest BCUT2D eigenvalue weighted by molar-refractivity contribution is 0.102. The third kappa shape index (κ3) is 3.46. The second-order valence-electron chi connectivity index (χ2n) is 6.86. The maximum Gasteiger partial charge on any atom is 0.259 e. The number of anilines is 1. The first kappa shape index (κ1) is 17.3. The molecule has 130 valence electrons. The van der Waals surface area contributed by atoms with Crippen LogP contribution in [-0.2, 0) is 5.54 Å². The summed E-state index contributed by atoms with van der Waals surface area (Å²) in [5.41, 5.74) is 2.98. The Morgan fingerprint density at radius 3 is 2.60 bits per heavy atom. The molecule has 0 fully saturated rings. The summed E-state index contributed by atoms with van der Waals surface area (Å²) in [6, 6.07) is 3.82. The summed E-state index contributed by atoms with van der Waals surface area (Å²) >= 11 is 1.44. The van der Waals surface area contributed by atoms with E-state index in [9.17, 15) is 4.79 Å². The molecule has 0 aliphatic rings. The molecular formula is C18H21N5OS. The predicted molar refractivity (Wildman–Crippen MR) is 100.0 cm³/mol. The highest BCUT2D eigenvalue weighted by atomic mass is 32.1. The van der Waals surface area contributed by atoms with Gasteiger partial charge in [-0.05, 0) is 46.8 Å². The van der Waals surface area contributed by atoms with E-state index in [1.807, 2.05) is 30.7 Å². The highest BCUT2D eigenvalue weighted by Crippen LogP contribution is 2.31. The second-order valence-corrected chi connectivity index (χ2v) is 7.85. The summed E-state index contributed by atoms with van der Waals surface area (Å²) in [6.45, 7) is 9.97. The van der Waals surface area contributed by atoms with E-state index in [-0.39, 0.29) is 11.4 Å². The first-order chi connectivity index (χ1) is 11.8. The highest BCUT2D eigenvalue weighted by molar-refractivity contribution is 7.19. The van der Waals surface area contributed by atoms with Gasteiger partial charge in [-0.2, -0.15) is 5.10 Å². The van der Waals surface area contributed by atoms with Crippen LogP contribution >= 0.6 is 11.3 Å². The molecule has 3 heterocycles. The number of carbonyl (C=O) groups excluding carboxylic acids is 1. The lowest BCUT2D eigenvalue weighted by atomic mass is 10.1. The summed E-state index contributed by atoms with van der Waals surface area (Å²) in [5.74, 6) is -0.169. The molecule has 0 bridgehead atoms. The van der Waals surface area contributed by atoms with Gasteiger partial charge in [0.25, 0.3) is 5.91 Å². The number of hydrogen-bond donors (Lipinski definition) is 1. The van der Waals surface area contributed by atoms with Crippen LogP contribution in [0.2, 0.25) is 0 Å². The van der Waals surface area contributed by atoms with Gasteiger partial charge in [0.05, 0.1) is 23.0 Å². The van der Waals surface area contributed by atoms with Crippen molar-refractivity contribution in [3.05, 3.63) is 47.7 Å². The molecule has 0 spiro atoms. The quantitative estimate of drug-likeness (QED) is 0.770. The van der Waals surface area contributed by atoms with E-state index < -0.39 is 0 Å². The third-order valence-corrected chi connectivity index (χ3v) is 4.94. The Kier molecular flexibility index (Phi) is 4.43. The number of nitrogens with one attached hydrogen (secondary N) is 1. The number of rotatable bonds is 3. The Balaban J connectivity index is 1.85. The van der Waals surface area contributed by atoms with Crippen molar-refractivity contribution in [2.45, 2.75) is 40.2 Å². The summed E-state index contributed by atoms with van der Waals surface area (Å²) in [7, 11) is 0. The molecule has 25 heavy (non-hydrogen) atoms. The molecule has 3 aromatic heterocycles. The Morgan fingerprint density at radius 2 is 2.00 bits per heavy atom. The molecule has 6 nitrogen and oxygen atoms in total. The maximum absolute atomic E-state index is 12.7. The van der Waals surface area contributed by atoms with Crippen molar-refractivity contribution in [1.82, 2.24) is 19.7 Å². The van der Waals surface area contributed by atoms with Crippen LogP contribution in [0, 0.1) is 13.8 Å². The van der Waals surface area contributed by atoms with Gasteiger partial charge in [0.15, 0.2) is 0 Å². The normalized spacial score (nSPS) is 11.6. The number of aryl methyl sites for hydroxylation is 1. The average molecular weight is 355 g/mol. The summed E-state index contributed by atoms with van der Waals surface area (Å²) < 4.78 is 1.86. The van der Waals surface area contributed by atoms with Gasteiger partial charge in [-0.15, -0.1) is 0 Å². The molecule has 0 unspecified atom stereocenters. The van der Waals surface area contributed by atoms with E-state index in [4.69, 9.17) is 0 Å². The Morgan fingerprint density at radius 1 is 1.24 bits per heavy atom. The minimum atomic E-state index is -0.170. The van der Waals surface area contributed by atoms with Gasteiger partial charge in [0, 0.05) is 23.7 Å². The maximum atomic E-state index is 12.7. The molecule has 0 aliphatic heterocycles. The lowest BCUT2D eigenvalue weighted by Crippen LogP contribution is -2.25. The molecule has 0 atom stereocenters. The largest absolute Gasteiger partial charge is 0.312 e. The number of nitrogens with zero attached hydrogens (tertiary/aromatic N) is 4. The molecule has 0 aliphatic carbocycles. The van der Waals surface area contributed by atoms with Gasteiger partial charge < -0.3 is 5.32 Å². The SMILES string of the molecule is Cc1nc(-c2cccnc2)sc1NC(=O)c1cnn(C(C)(C)C)c1C. The topological polar surface area (TPSA) is 72.7 Å². The van der Waals surface area contributed by atoms with E-state index in [1.54, 1.807) is 18.6 Å². The molecular weight excluding hydrogens is 334 g/mol. The molecule has 1 N–H and O–H groups in total. The number of carbonyl (C=O) groups is 1. The monoisotopic (exact) mass is 355 g/mol. The van der Waals surface area contributed by atoms with Crippen molar-refractivity contribution in [2.24, 2.45) is 0 Å². The van der Waals surface area contributed by atoms with Crippen molar-refractivity contribution in [1.29, 1.82) is 0 Å². The van der Waals surface area contributed by atoms with Crippen molar-refractivity contribution in [3.63, 3.8) is 0 Å². The smallest absolute Gasteiger partial charge is 0.259 e. The van der Waals surface area contributed by atoms with Crippen molar-refractivity contribution in [2.75, 3.05) is 5.32 Å². The average Bonchev–Trinajstić information content (AvgIpc) is 3.11. The van der Waals surface area contributed by atoms with Crippen molar-refractivity contribution in [3.8, 4) is 10.6 Å². The van der Waals surface area contributed by atoms with Crippen LogP contribution in [0.25, 0.3) is 10.6 Å². The molecule has 0 saturated carbocycles. The number of aromatic nitrogens is 4. The van der Waals surface area contributed by atoms with Gasteiger partial charge in [-0.3, -0.25) is 14.5 Å². The summed E-state index contributed by atoms with van der Waals surface area (Å²) in [6.07, 6.45) is 5.11. The van der Waals surface area contributed by atoms with Crippen LogP contribution < -0.4 is 5.32 Å². The Hall–Kier alpha value is -2.54. The number of thiazole rings is 1. The van der Waals surface area contributed by atoms with Crippen LogP contribution in [0.3, 0.4) is 0 Å². The minimum Gasteiger partial charge on any atom is -0.312 e. The predicted octanol–water partition coefficient (Wildman–Crippen LogP) is 4.03. The zero-order valence-corrected chi connectivity index (χ0v) is 15.8. The lowest BCUT2D eigenvalue weighted by Gasteiger charge is -2.21. The van der Waals surface area contributed by atoms with Gasteiger partial charge in [0.2, 0.25) is 0 Å². The highest BCUT2D eigenvalue weighted by Gasteiger charge is 2.22. The van der Waals surface area contributed by atoms with Crippen LogP contribution in [0.1, 0.15) is 42.5 Å². The zero-order valence-electron chi connectivity index (χ0n) is 15.0. The van der Waals surface area contributed by atoms with Gasteiger partial charge in [-0.1, -0.05) is 11.3 Å². The molecule has 0 radical (unpaired) electrons. The van der Waals surface area contributed by atoms with Gasteiger partial charge >= 0.3 is 0 Å². The van der Waals surface area contributed by atoms with Crippen LogP contribution in [-0.4, -0.2) is 25.7 Å². The molecule has 1 amide bonds. The molecule has 0 aromatic carbocycles. The van der Waals surface area contributed by atoms with Crippen molar-refractivity contribution >= 4 is 22.2 Å². The van der Waals surface area contributed by atoms with E-state index in [0.717, 1.165) is 27.0 Å². The molecule has 3 aromatic rings. The Bertz CT molecular complexity index is 905. The Labute approximate surface area is 150 Å². The first-order valence-corrected chi connectivity index (χ1v) is 8.83. The van der Waals surface area contributed by atoms with Gasteiger partial charge in [0.1, 0.15) is 10.0 Å². The standard InChI is InChI=1S/C18H21N5OS/c1-11-16(25-17(21-11)13-7-6-8-19-9-13)22-15(24)14-10-20-23(12(14)2)18(3,4)5/h6-10H,1-5H3,(H,22,24). The van der Waals surface area contributed by atoms with E-state index >= 15 is 0 Å². The zero-order chi connectivity index (χ0) is 18.2. The fourth-order valence-corrected chi connectivity index (χ4v) is 3.56. The number of pyridine rings is 1. The van der Waals surface area contributed by atoms with Gasteiger partial charge in [-0.25, -0.2) is 4.98 Å². The van der Waals surface area contributed by atoms with E-state index in [0.29, 0.717) is 5.56 Å².